The summed E-state index contributed by atoms with van der Waals surface area (Å²) in [6.45, 7) is 12.3. The molecule has 1 nitrogen and oxygen atoms in total. The Balaban J connectivity index is 3.05. The fourth-order valence-electron chi connectivity index (χ4n) is 1.70. The van der Waals surface area contributed by atoms with Crippen molar-refractivity contribution < 1.29 is 0 Å². The number of rotatable bonds is 1. The molecular formula is C12H21N. The van der Waals surface area contributed by atoms with Gasteiger partial charge in [-0.15, -0.1) is 0 Å². The molecule has 0 unspecified atom stereocenters. The fourth-order valence-corrected chi connectivity index (χ4v) is 1.70. The number of hydrogen-bond donors (Lipinski definition) is 1. The molecule has 0 fully saturated rings. The number of allylic oxidation sites excluding steroid dienone is 3. The average molecular weight is 179 g/mol. The molecule has 0 bridgehead atoms. The Hall–Kier alpha value is -0.720. The van der Waals surface area contributed by atoms with E-state index in [4.69, 9.17) is 0 Å². The van der Waals surface area contributed by atoms with E-state index in [1.807, 2.05) is 0 Å². The highest BCUT2D eigenvalue weighted by Gasteiger charge is 2.21. The van der Waals surface area contributed by atoms with Crippen LogP contribution in [0.1, 0.15) is 34.6 Å². The lowest BCUT2D eigenvalue weighted by Gasteiger charge is -2.29. The zero-order chi connectivity index (χ0) is 10.1. The Morgan fingerprint density at radius 3 is 2.31 bits per heavy atom. The summed E-state index contributed by atoms with van der Waals surface area (Å²) in [6, 6.07) is 0. The summed E-state index contributed by atoms with van der Waals surface area (Å²) in [4.78, 5) is 0. The van der Waals surface area contributed by atoms with E-state index in [9.17, 15) is 0 Å². The molecule has 0 saturated heterocycles. The molecule has 13 heavy (non-hydrogen) atoms. The van der Waals surface area contributed by atoms with Gasteiger partial charge in [-0.2, -0.15) is 0 Å². The first-order chi connectivity index (χ1) is 5.93. The minimum Gasteiger partial charge on any atom is -0.384 e. The van der Waals surface area contributed by atoms with Crippen molar-refractivity contribution in [2.45, 2.75) is 34.6 Å². The molecule has 0 radical (unpaired) electrons. The van der Waals surface area contributed by atoms with Gasteiger partial charge in [-0.1, -0.05) is 46.8 Å². The standard InChI is InChI=1S/C12H21N/c1-9(2)11-10(12(3,4)5)7-6-8-13-11/h6-7,9,13H,8H2,1-5H3. The lowest BCUT2D eigenvalue weighted by molar-refractivity contribution is 0.488. The van der Waals surface area contributed by atoms with Crippen molar-refractivity contribution in [1.82, 2.24) is 5.32 Å². The van der Waals surface area contributed by atoms with E-state index in [0.717, 1.165) is 6.54 Å². The van der Waals surface area contributed by atoms with Crippen molar-refractivity contribution in [2.75, 3.05) is 6.54 Å². The van der Waals surface area contributed by atoms with Gasteiger partial charge in [-0.25, -0.2) is 0 Å². The smallest absolute Gasteiger partial charge is 0.0331 e. The highest BCUT2D eigenvalue weighted by molar-refractivity contribution is 5.34. The Kier molecular flexibility index (Phi) is 2.84. The van der Waals surface area contributed by atoms with Gasteiger partial charge < -0.3 is 5.32 Å². The highest BCUT2D eigenvalue weighted by Crippen LogP contribution is 2.32. The van der Waals surface area contributed by atoms with E-state index < -0.39 is 0 Å². The van der Waals surface area contributed by atoms with E-state index in [0.29, 0.717) is 5.92 Å². The van der Waals surface area contributed by atoms with Crippen LogP contribution in [0.4, 0.5) is 0 Å². The molecule has 0 spiro atoms. The molecule has 0 atom stereocenters. The highest BCUT2D eigenvalue weighted by atomic mass is 14.9. The third kappa shape index (κ3) is 2.36. The molecule has 0 aromatic rings. The van der Waals surface area contributed by atoms with Crippen LogP contribution < -0.4 is 5.32 Å². The van der Waals surface area contributed by atoms with Gasteiger partial charge in [-0.3, -0.25) is 0 Å². The van der Waals surface area contributed by atoms with Crippen LogP contribution in [0.15, 0.2) is 23.4 Å². The Labute approximate surface area is 81.9 Å². The van der Waals surface area contributed by atoms with Crippen LogP contribution in [0, 0.1) is 11.3 Å². The summed E-state index contributed by atoms with van der Waals surface area (Å²) in [6.07, 6.45) is 4.47. The minimum atomic E-state index is 0.253. The SMILES string of the molecule is CC(C)C1=C(C(C)(C)C)C=CCN1. The van der Waals surface area contributed by atoms with Crippen LogP contribution in [0.5, 0.6) is 0 Å². The lowest BCUT2D eigenvalue weighted by atomic mass is 9.81. The Morgan fingerprint density at radius 1 is 1.31 bits per heavy atom. The molecule has 74 valence electrons. The van der Waals surface area contributed by atoms with Crippen LogP contribution in [0.3, 0.4) is 0 Å². The number of hydrogen-bond acceptors (Lipinski definition) is 1. The molecule has 1 aliphatic rings. The maximum atomic E-state index is 3.47. The molecule has 0 amide bonds. The van der Waals surface area contributed by atoms with Gasteiger partial charge in [-0.05, 0) is 16.9 Å². The maximum Gasteiger partial charge on any atom is 0.0331 e. The molecule has 1 rings (SSSR count). The first-order valence-corrected chi connectivity index (χ1v) is 5.08. The van der Waals surface area contributed by atoms with Crippen LogP contribution >= 0.6 is 0 Å². The fraction of sp³-hybridized carbons (Fsp3) is 0.667. The second kappa shape index (κ2) is 3.57. The van der Waals surface area contributed by atoms with Crippen molar-refractivity contribution in [1.29, 1.82) is 0 Å². The van der Waals surface area contributed by atoms with E-state index in [1.165, 1.54) is 11.3 Å². The predicted molar refractivity (Wildman–Crippen MR) is 58.5 cm³/mol. The molecule has 1 heteroatoms. The van der Waals surface area contributed by atoms with E-state index in [2.05, 4.69) is 52.1 Å². The first kappa shape index (κ1) is 10.4. The zero-order valence-electron chi connectivity index (χ0n) is 9.44. The predicted octanol–water partition coefficient (Wildman–Crippen LogP) is 3.10. The maximum absolute atomic E-state index is 3.47. The van der Waals surface area contributed by atoms with E-state index in [-0.39, 0.29) is 5.41 Å². The quantitative estimate of drug-likeness (QED) is 0.652. The van der Waals surface area contributed by atoms with Gasteiger partial charge in [0.1, 0.15) is 0 Å². The van der Waals surface area contributed by atoms with Crippen molar-refractivity contribution >= 4 is 0 Å². The van der Waals surface area contributed by atoms with Gasteiger partial charge in [0.05, 0.1) is 0 Å². The Morgan fingerprint density at radius 2 is 1.92 bits per heavy atom. The van der Waals surface area contributed by atoms with Gasteiger partial charge in [0.15, 0.2) is 0 Å². The largest absolute Gasteiger partial charge is 0.384 e. The van der Waals surface area contributed by atoms with Crippen LogP contribution in [-0.4, -0.2) is 6.54 Å². The van der Waals surface area contributed by atoms with Gasteiger partial charge in [0.25, 0.3) is 0 Å². The van der Waals surface area contributed by atoms with Gasteiger partial charge >= 0.3 is 0 Å². The minimum absolute atomic E-state index is 0.253. The Bertz CT molecular complexity index is 238. The van der Waals surface area contributed by atoms with Crippen molar-refractivity contribution in [3.8, 4) is 0 Å². The van der Waals surface area contributed by atoms with Crippen LogP contribution in [0.2, 0.25) is 0 Å². The monoisotopic (exact) mass is 179 g/mol. The summed E-state index contributed by atoms with van der Waals surface area (Å²) in [5.74, 6) is 0.596. The summed E-state index contributed by atoms with van der Waals surface area (Å²) in [7, 11) is 0. The molecule has 0 aliphatic carbocycles. The zero-order valence-corrected chi connectivity index (χ0v) is 9.44. The summed E-state index contributed by atoms with van der Waals surface area (Å²) in [5, 5.41) is 3.47. The van der Waals surface area contributed by atoms with E-state index in [1.54, 1.807) is 0 Å². The van der Waals surface area contributed by atoms with Crippen LogP contribution in [0.25, 0.3) is 0 Å². The summed E-state index contributed by atoms with van der Waals surface area (Å²) in [5.41, 5.74) is 3.12. The molecule has 1 aliphatic heterocycles. The van der Waals surface area contributed by atoms with Gasteiger partial charge in [0, 0.05) is 12.2 Å². The molecular weight excluding hydrogens is 158 g/mol. The molecule has 0 aromatic carbocycles. The lowest BCUT2D eigenvalue weighted by Crippen LogP contribution is -2.26. The van der Waals surface area contributed by atoms with Crippen molar-refractivity contribution in [2.24, 2.45) is 11.3 Å². The van der Waals surface area contributed by atoms with E-state index >= 15 is 0 Å². The van der Waals surface area contributed by atoms with Crippen molar-refractivity contribution in [3.63, 3.8) is 0 Å². The topological polar surface area (TPSA) is 12.0 Å². The number of dihydropyridines is 1. The third-order valence-electron chi connectivity index (χ3n) is 2.37. The first-order valence-electron chi connectivity index (χ1n) is 5.08. The normalized spacial score (nSPS) is 18.0. The molecule has 0 aromatic heterocycles. The summed E-state index contributed by atoms with van der Waals surface area (Å²) >= 11 is 0. The number of nitrogens with one attached hydrogen (secondary N) is 1. The average Bonchev–Trinajstić information content (AvgIpc) is 2.03. The molecule has 0 saturated carbocycles. The van der Waals surface area contributed by atoms with Crippen LogP contribution in [-0.2, 0) is 0 Å². The van der Waals surface area contributed by atoms with Gasteiger partial charge in [0.2, 0.25) is 0 Å². The second-order valence-electron chi connectivity index (χ2n) is 5.02. The van der Waals surface area contributed by atoms with Crippen molar-refractivity contribution in [3.05, 3.63) is 23.4 Å². The molecule has 1 heterocycles. The summed E-state index contributed by atoms with van der Waals surface area (Å²) < 4.78 is 0. The third-order valence-corrected chi connectivity index (χ3v) is 2.37. The second-order valence-corrected chi connectivity index (χ2v) is 5.02. The molecule has 1 N–H and O–H groups in total.